The van der Waals surface area contributed by atoms with E-state index in [2.05, 4.69) is 5.32 Å². The molecule has 29 heavy (non-hydrogen) atoms. The molecule has 1 aliphatic heterocycles. The molecule has 0 unspecified atom stereocenters. The Morgan fingerprint density at radius 3 is 2.31 bits per heavy atom. The van der Waals surface area contributed by atoms with E-state index in [1.165, 1.54) is 25.1 Å². The smallest absolute Gasteiger partial charge is 0.308 e. The number of ether oxygens (including phenoxy) is 1. The lowest BCUT2D eigenvalue weighted by Gasteiger charge is -2.16. The molecule has 1 atom stereocenters. The number of hydrogen-bond acceptors (Lipinski definition) is 5. The number of benzene rings is 2. The second-order valence-electron chi connectivity index (χ2n) is 6.64. The molecule has 1 N–H and O–H groups in total. The van der Waals surface area contributed by atoms with Crippen molar-refractivity contribution in [1.29, 1.82) is 0 Å². The fourth-order valence-corrected chi connectivity index (χ4v) is 2.87. The number of rotatable bonds is 6. The van der Waals surface area contributed by atoms with Gasteiger partial charge in [-0.15, -0.1) is 0 Å². The Labute approximate surface area is 166 Å². The molecule has 0 aliphatic carbocycles. The van der Waals surface area contributed by atoms with Crippen molar-refractivity contribution < 1.29 is 28.3 Å². The average Bonchev–Trinajstić information content (AvgIpc) is 2.93. The van der Waals surface area contributed by atoms with Crippen molar-refractivity contribution in [1.82, 2.24) is 4.90 Å². The summed E-state index contributed by atoms with van der Waals surface area (Å²) in [7, 11) is 0. The number of anilines is 1. The van der Waals surface area contributed by atoms with Gasteiger partial charge in [0.25, 0.3) is 17.7 Å². The summed E-state index contributed by atoms with van der Waals surface area (Å²) in [5.41, 5.74) is 1.27. The average molecular weight is 398 g/mol. The molecule has 1 heterocycles. The van der Waals surface area contributed by atoms with Crippen molar-refractivity contribution in [2.45, 2.75) is 26.4 Å². The number of aryl methyl sites for hydroxylation is 1. The lowest BCUT2D eigenvalue weighted by molar-refractivity contribution is -0.153. The normalized spacial score (nSPS) is 13.8. The Hall–Kier alpha value is -3.55. The van der Waals surface area contributed by atoms with Gasteiger partial charge in [-0.1, -0.05) is 18.2 Å². The molecule has 3 amide bonds. The Bertz CT molecular complexity index is 969. The van der Waals surface area contributed by atoms with Crippen LogP contribution in [0.4, 0.5) is 10.1 Å². The van der Waals surface area contributed by atoms with Crippen LogP contribution in [-0.4, -0.2) is 41.2 Å². The van der Waals surface area contributed by atoms with Gasteiger partial charge in [0, 0.05) is 12.2 Å². The van der Waals surface area contributed by atoms with E-state index >= 15 is 0 Å². The molecule has 0 saturated carbocycles. The van der Waals surface area contributed by atoms with Gasteiger partial charge in [0.15, 0.2) is 6.10 Å². The van der Waals surface area contributed by atoms with Gasteiger partial charge < -0.3 is 10.1 Å². The Kier molecular flexibility index (Phi) is 5.72. The summed E-state index contributed by atoms with van der Waals surface area (Å²) in [5.74, 6) is -2.76. The number of carbonyl (C=O) groups excluding carboxylic acids is 4. The molecule has 0 spiro atoms. The van der Waals surface area contributed by atoms with E-state index in [4.69, 9.17) is 4.74 Å². The number of halogens is 1. The van der Waals surface area contributed by atoms with E-state index in [0.29, 0.717) is 16.7 Å². The van der Waals surface area contributed by atoms with Crippen LogP contribution in [-0.2, 0) is 14.3 Å². The maximum Gasteiger partial charge on any atom is 0.308 e. The van der Waals surface area contributed by atoms with Gasteiger partial charge >= 0.3 is 5.97 Å². The van der Waals surface area contributed by atoms with Crippen LogP contribution in [0.3, 0.4) is 0 Å². The van der Waals surface area contributed by atoms with E-state index in [9.17, 15) is 23.6 Å². The molecule has 2 aromatic carbocycles. The fourth-order valence-electron chi connectivity index (χ4n) is 2.87. The summed E-state index contributed by atoms with van der Waals surface area (Å²) in [6.07, 6.45) is -1.38. The topological polar surface area (TPSA) is 92.8 Å². The summed E-state index contributed by atoms with van der Waals surface area (Å²) in [6.45, 7) is 2.82. The molecule has 0 radical (unpaired) electrons. The minimum Gasteiger partial charge on any atom is -0.452 e. The number of hydrogen-bond donors (Lipinski definition) is 1. The maximum atomic E-state index is 13.6. The van der Waals surface area contributed by atoms with Crippen molar-refractivity contribution >= 4 is 29.4 Å². The second-order valence-corrected chi connectivity index (χ2v) is 6.64. The zero-order chi connectivity index (χ0) is 21.1. The van der Waals surface area contributed by atoms with Gasteiger partial charge in [0.05, 0.1) is 17.5 Å². The lowest BCUT2D eigenvalue weighted by Crippen LogP contribution is -2.34. The molecule has 0 saturated heterocycles. The SMILES string of the molecule is Cc1ccc(NC(=O)[C@H](C)OC(=O)CCN2C(=O)c3ccccc3C2=O)cc1F. The molecule has 3 rings (SSSR count). The lowest BCUT2D eigenvalue weighted by atomic mass is 10.1. The number of amides is 3. The first-order valence-electron chi connectivity index (χ1n) is 8.99. The Balaban J connectivity index is 1.51. The first-order valence-corrected chi connectivity index (χ1v) is 8.99. The molecule has 0 bridgehead atoms. The van der Waals surface area contributed by atoms with Gasteiger partial charge in [-0.25, -0.2) is 4.39 Å². The number of imide groups is 1. The zero-order valence-corrected chi connectivity index (χ0v) is 15.9. The van der Waals surface area contributed by atoms with Crippen molar-refractivity contribution in [2.75, 3.05) is 11.9 Å². The predicted molar refractivity (Wildman–Crippen MR) is 102 cm³/mol. The number of fused-ring (bicyclic) bond motifs is 1. The van der Waals surface area contributed by atoms with E-state index in [-0.39, 0.29) is 18.7 Å². The number of esters is 1. The summed E-state index contributed by atoms with van der Waals surface area (Å²) < 4.78 is 18.6. The summed E-state index contributed by atoms with van der Waals surface area (Å²) in [5, 5.41) is 2.46. The first-order chi connectivity index (χ1) is 13.8. The maximum absolute atomic E-state index is 13.6. The Morgan fingerprint density at radius 1 is 1.10 bits per heavy atom. The molecule has 150 valence electrons. The number of nitrogens with one attached hydrogen (secondary N) is 1. The molecule has 7 nitrogen and oxygen atoms in total. The molecule has 0 fully saturated rings. The summed E-state index contributed by atoms with van der Waals surface area (Å²) in [4.78, 5) is 49.7. The van der Waals surface area contributed by atoms with Crippen LogP contribution in [0.2, 0.25) is 0 Å². The molecule has 0 aromatic heterocycles. The third-order valence-electron chi connectivity index (χ3n) is 4.53. The third kappa shape index (κ3) is 4.31. The molecule has 1 aliphatic rings. The van der Waals surface area contributed by atoms with E-state index in [1.54, 1.807) is 31.2 Å². The quantitative estimate of drug-likeness (QED) is 0.597. The van der Waals surface area contributed by atoms with E-state index in [0.717, 1.165) is 4.90 Å². The number of carbonyl (C=O) groups is 4. The standard InChI is InChI=1S/C21H19FN2O5/c1-12-7-8-14(11-17(12)22)23-19(26)13(2)29-18(25)9-10-24-20(27)15-5-3-4-6-16(15)21(24)28/h3-8,11,13H,9-10H2,1-2H3,(H,23,26)/t13-/m0/s1. The van der Waals surface area contributed by atoms with Crippen molar-refractivity contribution in [3.8, 4) is 0 Å². The van der Waals surface area contributed by atoms with Gasteiger partial charge in [-0.3, -0.25) is 24.1 Å². The minimum atomic E-state index is -1.13. The molecule has 8 heteroatoms. The second kappa shape index (κ2) is 8.22. The third-order valence-corrected chi connectivity index (χ3v) is 4.53. The van der Waals surface area contributed by atoms with Crippen LogP contribution in [0.25, 0.3) is 0 Å². The van der Waals surface area contributed by atoms with Crippen molar-refractivity contribution in [3.05, 3.63) is 65.0 Å². The zero-order valence-electron chi connectivity index (χ0n) is 15.9. The van der Waals surface area contributed by atoms with Crippen LogP contribution in [0, 0.1) is 12.7 Å². The molecule has 2 aromatic rings. The van der Waals surface area contributed by atoms with Gasteiger partial charge in [0.1, 0.15) is 5.82 Å². The van der Waals surface area contributed by atoms with E-state index in [1.807, 2.05) is 0 Å². The first kappa shape index (κ1) is 20.2. The largest absolute Gasteiger partial charge is 0.452 e. The Morgan fingerprint density at radius 2 is 1.72 bits per heavy atom. The number of nitrogens with zero attached hydrogens (tertiary/aromatic N) is 1. The van der Waals surface area contributed by atoms with Crippen LogP contribution in [0.5, 0.6) is 0 Å². The fraction of sp³-hybridized carbons (Fsp3) is 0.238. The highest BCUT2D eigenvalue weighted by Gasteiger charge is 2.35. The highest BCUT2D eigenvalue weighted by molar-refractivity contribution is 6.21. The van der Waals surface area contributed by atoms with Gasteiger partial charge in [-0.05, 0) is 43.7 Å². The van der Waals surface area contributed by atoms with Crippen molar-refractivity contribution in [3.63, 3.8) is 0 Å². The minimum absolute atomic E-state index is 0.150. The van der Waals surface area contributed by atoms with E-state index < -0.39 is 35.6 Å². The van der Waals surface area contributed by atoms with Crippen LogP contribution < -0.4 is 5.32 Å². The highest BCUT2D eigenvalue weighted by atomic mass is 19.1. The van der Waals surface area contributed by atoms with Gasteiger partial charge in [-0.2, -0.15) is 0 Å². The van der Waals surface area contributed by atoms with Crippen LogP contribution in [0.15, 0.2) is 42.5 Å². The predicted octanol–water partition coefficient (Wildman–Crippen LogP) is 2.69. The highest BCUT2D eigenvalue weighted by Crippen LogP contribution is 2.22. The monoisotopic (exact) mass is 398 g/mol. The van der Waals surface area contributed by atoms with Crippen molar-refractivity contribution in [2.24, 2.45) is 0 Å². The van der Waals surface area contributed by atoms with Gasteiger partial charge in [0.2, 0.25) is 0 Å². The summed E-state index contributed by atoms with van der Waals surface area (Å²) in [6, 6.07) is 10.6. The summed E-state index contributed by atoms with van der Waals surface area (Å²) >= 11 is 0. The molecular weight excluding hydrogens is 379 g/mol. The van der Waals surface area contributed by atoms with Crippen LogP contribution in [0.1, 0.15) is 39.6 Å². The molecular formula is C21H19FN2O5. The van der Waals surface area contributed by atoms with Crippen LogP contribution >= 0.6 is 0 Å².